The molecule has 1 saturated heterocycles. The second-order valence-electron chi connectivity index (χ2n) is 3.37. The lowest BCUT2D eigenvalue weighted by Crippen LogP contribution is -2.31. The second kappa shape index (κ2) is 4.21. The number of allylic oxidation sites excluding steroid dienone is 1. The lowest BCUT2D eigenvalue weighted by molar-refractivity contribution is -0.135. The number of hydrogen-bond acceptors (Lipinski definition) is 3. The monoisotopic (exact) mass is 199 g/mol. The van der Waals surface area contributed by atoms with E-state index in [0.717, 1.165) is 32.0 Å². The molecule has 13 heavy (non-hydrogen) atoms. The van der Waals surface area contributed by atoms with Crippen molar-refractivity contribution < 1.29 is 9.32 Å². The minimum absolute atomic E-state index is 0.0310. The van der Waals surface area contributed by atoms with Crippen LogP contribution in [0, 0.1) is 0 Å². The van der Waals surface area contributed by atoms with Crippen LogP contribution in [0.3, 0.4) is 0 Å². The standard InChI is InChI=1S/C9H14NO2P/c11-9(8-4-3-5-10-8)12-13-6-1-2-7-13/h1,6,8,10H,2-5,7H2/t8-,13?/m0/s1. The number of nitrogens with one attached hydrogen (secondary N) is 1. The maximum absolute atomic E-state index is 11.5. The van der Waals surface area contributed by atoms with Crippen LogP contribution in [0.15, 0.2) is 11.9 Å². The van der Waals surface area contributed by atoms with Gasteiger partial charge in [-0.1, -0.05) is 6.08 Å². The van der Waals surface area contributed by atoms with E-state index in [4.69, 9.17) is 4.52 Å². The van der Waals surface area contributed by atoms with Gasteiger partial charge in [-0.05, 0) is 31.6 Å². The lowest BCUT2D eigenvalue weighted by Gasteiger charge is -2.13. The van der Waals surface area contributed by atoms with Crippen LogP contribution >= 0.6 is 8.15 Å². The number of carbonyl (C=O) groups is 1. The first kappa shape index (κ1) is 9.17. The van der Waals surface area contributed by atoms with E-state index in [9.17, 15) is 4.79 Å². The summed E-state index contributed by atoms with van der Waals surface area (Å²) in [5.41, 5.74) is 0. The first-order chi connectivity index (χ1) is 6.36. The van der Waals surface area contributed by atoms with Crippen molar-refractivity contribution in [2.24, 2.45) is 0 Å². The Morgan fingerprint density at radius 2 is 2.54 bits per heavy atom. The molecule has 0 aromatic rings. The smallest absolute Gasteiger partial charge is 0.326 e. The summed E-state index contributed by atoms with van der Waals surface area (Å²) in [4.78, 5) is 11.5. The van der Waals surface area contributed by atoms with Gasteiger partial charge in [0, 0.05) is 6.16 Å². The van der Waals surface area contributed by atoms with Crippen LogP contribution in [0.5, 0.6) is 0 Å². The van der Waals surface area contributed by atoms with Gasteiger partial charge in [0.05, 0.1) is 0 Å². The van der Waals surface area contributed by atoms with E-state index in [-0.39, 0.29) is 12.0 Å². The van der Waals surface area contributed by atoms with Crippen LogP contribution in [0.4, 0.5) is 0 Å². The average Bonchev–Trinajstić information content (AvgIpc) is 2.74. The SMILES string of the molecule is O=C(OP1C=CCC1)[C@@H]1CCCN1. The van der Waals surface area contributed by atoms with Crippen LogP contribution in [0.2, 0.25) is 0 Å². The summed E-state index contributed by atoms with van der Waals surface area (Å²) < 4.78 is 5.37. The molecule has 2 aliphatic rings. The van der Waals surface area contributed by atoms with E-state index in [1.165, 1.54) is 0 Å². The molecule has 0 spiro atoms. The fourth-order valence-corrected chi connectivity index (χ4v) is 3.06. The van der Waals surface area contributed by atoms with Crippen LogP contribution in [0.25, 0.3) is 0 Å². The summed E-state index contributed by atoms with van der Waals surface area (Å²) in [5, 5.41) is 3.14. The van der Waals surface area contributed by atoms with E-state index in [2.05, 4.69) is 11.4 Å². The minimum Gasteiger partial charge on any atom is -0.439 e. The van der Waals surface area contributed by atoms with E-state index < -0.39 is 8.15 Å². The summed E-state index contributed by atoms with van der Waals surface area (Å²) in [6.45, 7) is 0.952. The molecule has 1 N–H and O–H groups in total. The first-order valence-electron chi connectivity index (χ1n) is 4.75. The van der Waals surface area contributed by atoms with Gasteiger partial charge in [0.1, 0.15) is 14.2 Å². The molecule has 0 radical (unpaired) electrons. The number of hydrogen-bond donors (Lipinski definition) is 1. The van der Waals surface area contributed by atoms with Gasteiger partial charge in [-0.2, -0.15) is 0 Å². The van der Waals surface area contributed by atoms with Crippen molar-refractivity contribution in [2.75, 3.05) is 12.7 Å². The Labute approximate surface area is 79.4 Å². The summed E-state index contributed by atoms with van der Waals surface area (Å²) in [6.07, 6.45) is 6.21. The third kappa shape index (κ3) is 2.29. The Hall–Kier alpha value is -0.400. The van der Waals surface area contributed by atoms with Crippen LogP contribution in [0.1, 0.15) is 19.3 Å². The molecule has 0 aromatic carbocycles. The van der Waals surface area contributed by atoms with Crippen molar-refractivity contribution in [2.45, 2.75) is 25.3 Å². The van der Waals surface area contributed by atoms with Gasteiger partial charge >= 0.3 is 5.97 Å². The molecule has 1 fully saturated rings. The zero-order valence-electron chi connectivity index (χ0n) is 7.53. The van der Waals surface area contributed by atoms with Crippen molar-refractivity contribution in [3.05, 3.63) is 11.9 Å². The fourth-order valence-electron chi connectivity index (χ4n) is 1.61. The van der Waals surface area contributed by atoms with Crippen LogP contribution < -0.4 is 5.32 Å². The molecule has 72 valence electrons. The van der Waals surface area contributed by atoms with Gasteiger partial charge in [0.25, 0.3) is 0 Å². The molecule has 0 amide bonds. The molecule has 0 aliphatic carbocycles. The highest BCUT2D eigenvalue weighted by Gasteiger charge is 2.26. The summed E-state index contributed by atoms with van der Waals surface area (Å²) in [7, 11) is -0.571. The van der Waals surface area contributed by atoms with Crippen LogP contribution in [-0.2, 0) is 9.32 Å². The summed E-state index contributed by atoms with van der Waals surface area (Å²) in [5.74, 6) is 2.00. The van der Waals surface area contributed by atoms with Crippen molar-refractivity contribution in [3.8, 4) is 0 Å². The van der Waals surface area contributed by atoms with Gasteiger partial charge in [0.15, 0.2) is 0 Å². The number of carbonyl (C=O) groups excluding carboxylic acids is 1. The van der Waals surface area contributed by atoms with E-state index >= 15 is 0 Å². The molecule has 2 atom stereocenters. The summed E-state index contributed by atoms with van der Waals surface area (Å²) >= 11 is 0. The molecule has 2 aliphatic heterocycles. The second-order valence-corrected chi connectivity index (χ2v) is 5.14. The maximum atomic E-state index is 11.5. The molecule has 2 rings (SSSR count). The topological polar surface area (TPSA) is 38.3 Å². The molecule has 3 nitrogen and oxygen atoms in total. The van der Waals surface area contributed by atoms with Gasteiger partial charge in [-0.15, -0.1) is 0 Å². The Morgan fingerprint density at radius 1 is 1.62 bits per heavy atom. The zero-order chi connectivity index (χ0) is 9.10. The highest BCUT2D eigenvalue weighted by molar-refractivity contribution is 7.56. The third-order valence-corrected chi connectivity index (χ3v) is 4.00. The van der Waals surface area contributed by atoms with Gasteiger partial charge in [-0.25, -0.2) is 0 Å². The minimum atomic E-state index is -0.571. The summed E-state index contributed by atoms with van der Waals surface area (Å²) in [6, 6.07) is -0.0310. The van der Waals surface area contributed by atoms with Crippen LogP contribution in [-0.4, -0.2) is 24.7 Å². The van der Waals surface area contributed by atoms with Crippen molar-refractivity contribution in [3.63, 3.8) is 0 Å². The molecule has 0 aromatic heterocycles. The molecular weight excluding hydrogens is 185 g/mol. The predicted octanol–water partition coefficient (Wildman–Crippen LogP) is 1.60. The van der Waals surface area contributed by atoms with Crippen molar-refractivity contribution in [1.29, 1.82) is 0 Å². The molecule has 0 saturated carbocycles. The molecular formula is C9H14NO2P. The van der Waals surface area contributed by atoms with Gasteiger partial charge < -0.3 is 9.84 Å². The van der Waals surface area contributed by atoms with Gasteiger partial charge in [-0.3, -0.25) is 4.79 Å². The Morgan fingerprint density at radius 3 is 3.15 bits per heavy atom. The van der Waals surface area contributed by atoms with E-state index in [0.29, 0.717) is 0 Å². The number of rotatable bonds is 2. The molecule has 4 heteroatoms. The molecule has 0 bridgehead atoms. The first-order valence-corrected chi connectivity index (χ1v) is 6.26. The van der Waals surface area contributed by atoms with Crippen molar-refractivity contribution >= 4 is 14.1 Å². The Bertz CT molecular complexity index is 224. The zero-order valence-corrected chi connectivity index (χ0v) is 8.43. The molecule has 1 unspecified atom stereocenters. The largest absolute Gasteiger partial charge is 0.439 e. The predicted molar refractivity (Wildman–Crippen MR) is 52.7 cm³/mol. The van der Waals surface area contributed by atoms with Crippen molar-refractivity contribution in [1.82, 2.24) is 5.32 Å². The Balaban J connectivity index is 1.79. The quantitative estimate of drug-likeness (QED) is 0.686. The normalized spacial score (nSPS) is 32.3. The van der Waals surface area contributed by atoms with E-state index in [1.54, 1.807) is 0 Å². The highest BCUT2D eigenvalue weighted by atomic mass is 31.1. The maximum Gasteiger partial charge on any atom is 0.326 e. The average molecular weight is 199 g/mol. The fraction of sp³-hybridized carbons (Fsp3) is 0.667. The third-order valence-electron chi connectivity index (χ3n) is 2.34. The Kier molecular flexibility index (Phi) is 2.97. The van der Waals surface area contributed by atoms with Gasteiger partial charge in [0.2, 0.25) is 0 Å². The highest BCUT2D eigenvalue weighted by Crippen LogP contribution is 2.44. The van der Waals surface area contributed by atoms with E-state index in [1.807, 2.05) is 5.82 Å². The lowest BCUT2D eigenvalue weighted by atomic mass is 10.2. The molecule has 2 heterocycles.